The van der Waals surface area contributed by atoms with Gasteiger partial charge in [-0.2, -0.15) is 9.94 Å². The molecule has 168 valence electrons. The van der Waals surface area contributed by atoms with E-state index in [1.54, 1.807) is 13.0 Å². The lowest BCUT2D eigenvalue weighted by Gasteiger charge is -2.17. The Morgan fingerprint density at radius 3 is 2.85 bits per heavy atom. The number of thiophene rings is 1. The molecule has 9 nitrogen and oxygen atoms in total. The van der Waals surface area contributed by atoms with Crippen LogP contribution in [0, 0.1) is 24.2 Å². The van der Waals surface area contributed by atoms with Crippen molar-refractivity contribution in [1.29, 1.82) is 5.26 Å². The molecule has 1 aliphatic rings. The van der Waals surface area contributed by atoms with Crippen molar-refractivity contribution in [2.45, 2.75) is 33.1 Å². The lowest BCUT2D eigenvalue weighted by molar-refractivity contribution is -0.141. The van der Waals surface area contributed by atoms with Crippen LogP contribution in [0.4, 0.5) is 5.00 Å². The summed E-state index contributed by atoms with van der Waals surface area (Å²) in [5, 5.41) is 24.1. The van der Waals surface area contributed by atoms with Crippen LogP contribution in [0.25, 0.3) is 11.8 Å². The highest BCUT2D eigenvalue weighted by Gasteiger charge is 2.25. The zero-order valence-electron chi connectivity index (χ0n) is 18.2. The number of ether oxygens (including phenoxy) is 1. The molecule has 4 rings (SSSR count). The fourth-order valence-electron chi connectivity index (χ4n) is 3.69. The molecule has 33 heavy (non-hydrogen) atoms. The number of aromatic nitrogens is 4. The van der Waals surface area contributed by atoms with E-state index in [9.17, 15) is 14.9 Å². The number of anilines is 1. The van der Waals surface area contributed by atoms with Gasteiger partial charge in [0.2, 0.25) is 0 Å². The number of tetrazole rings is 1. The van der Waals surface area contributed by atoms with Crippen LogP contribution in [0.2, 0.25) is 0 Å². The van der Waals surface area contributed by atoms with Gasteiger partial charge in [-0.3, -0.25) is 4.79 Å². The quantitative estimate of drug-likeness (QED) is 0.441. The van der Waals surface area contributed by atoms with E-state index in [1.165, 1.54) is 16.0 Å². The predicted octanol–water partition coefficient (Wildman–Crippen LogP) is 3.22. The Kier molecular flexibility index (Phi) is 6.60. The number of nitrogens with one attached hydrogen (secondary N) is 1. The van der Waals surface area contributed by atoms with Gasteiger partial charge >= 0.3 is 5.97 Å². The van der Waals surface area contributed by atoms with Gasteiger partial charge in [0.1, 0.15) is 11.1 Å². The number of amides is 1. The number of esters is 1. The first kappa shape index (κ1) is 22.4. The Morgan fingerprint density at radius 2 is 2.15 bits per heavy atom. The molecular formula is C23H22N6O3S. The van der Waals surface area contributed by atoms with Crippen LogP contribution in [-0.2, 0) is 27.2 Å². The Bertz CT molecular complexity index is 1250. The molecule has 0 spiro atoms. The first-order chi connectivity index (χ1) is 16.0. The highest BCUT2D eigenvalue weighted by atomic mass is 32.1. The third-order valence-corrected chi connectivity index (χ3v) is 6.55. The molecule has 0 fully saturated rings. The van der Waals surface area contributed by atoms with Gasteiger partial charge in [0.15, 0.2) is 18.1 Å². The van der Waals surface area contributed by atoms with Gasteiger partial charge in [-0.1, -0.05) is 37.3 Å². The van der Waals surface area contributed by atoms with Crippen molar-refractivity contribution in [2.75, 3.05) is 11.9 Å². The van der Waals surface area contributed by atoms with E-state index in [0.29, 0.717) is 22.3 Å². The molecule has 2 heterocycles. The lowest BCUT2D eigenvalue weighted by atomic mass is 9.89. The molecule has 0 radical (unpaired) electrons. The molecule has 1 N–H and O–H groups in total. The average molecular weight is 463 g/mol. The number of aryl methyl sites for hydroxylation is 1. The highest BCUT2D eigenvalue weighted by molar-refractivity contribution is 7.16. The van der Waals surface area contributed by atoms with Crippen LogP contribution in [-0.4, -0.2) is 38.7 Å². The van der Waals surface area contributed by atoms with Gasteiger partial charge in [-0.15, -0.1) is 16.4 Å². The van der Waals surface area contributed by atoms with E-state index in [1.807, 2.05) is 30.3 Å². The summed E-state index contributed by atoms with van der Waals surface area (Å²) in [6, 6.07) is 11.4. The zero-order chi connectivity index (χ0) is 23.4. The maximum Gasteiger partial charge on any atom is 0.357 e. The number of hydrogen-bond donors (Lipinski definition) is 1. The van der Waals surface area contributed by atoms with Crippen molar-refractivity contribution < 1.29 is 14.3 Å². The van der Waals surface area contributed by atoms with Crippen LogP contribution in [0.5, 0.6) is 0 Å². The van der Waals surface area contributed by atoms with E-state index >= 15 is 0 Å². The Labute approximate surface area is 194 Å². The summed E-state index contributed by atoms with van der Waals surface area (Å²) in [5.41, 5.74) is 2.36. The minimum atomic E-state index is -0.746. The van der Waals surface area contributed by atoms with Crippen LogP contribution in [0.3, 0.4) is 0 Å². The van der Waals surface area contributed by atoms with Crippen molar-refractivity contribution in [1.82, 2.24) is 20.2 Å². The van der Waals surface area contributed by atoms with E-state index in [2.05, 4.69) is 33.8 Å². The maximum absolute atomic E-state index is 12.8. The number of carbonyl (C=O) groups excluding carboxylic acids is 2. The number of nitriles is 1. The molecule has 1 amide bonds. The molecule has 1 aliphatic carbocycles. The summed E-state index contributed by atoms with van der Waals surface area (Å²) in [6.07, 6.45) is 4.35. The van der Waals surface area contributed by atoms with Crippen molar-refractivity contribution >= 4 is 40.0 Å². The molecule has 1 atom stereocenters. The SMILES string of the molecule is Cc1nnnn1/C(=C\c1ccccc1)C(=O)OCC(=O)Nc1sc2c(c1C#N)CCC(C)C2. The second-order valence-electron chi connectivity index (χ2n) is 7.87. The first-order valence-corrected chi connectivity index (χ1v) is 11.3. The van der Waals surface area contributed by atoms with Crippen LogP contribution in [0.1, 0.15) is 40.7 Å². The normalized spacial score (nSPS) is 15.4. The van der Waals surface area contributed by atoms with Gasteiger partial charge in [0.05, 0.1) is 5.56 Å². The monoisotopic (exact) mass is 462 g/mol. The summed E-state index contributed by atoms with van der Waals surface area (Å²) in [5.74, 6) is -0.310. The van der Waals surface area contributed by atoms with Gasteiger partial charge in [-0.25, -0.2) is 4.79 Å². The highest BCUT2D eigenvalue weighted by Crippen LogP contribution is 2.39. The van der Waals surface area contributed by atoms with Crippen LogP contribution >= 0.6 is 11.3 Å². The van der Waals surface area contributed by atoms with E-state index < -0.39 is 18.5 Å². The second kappa shape index (κ2) is 9.75. The molecule has 0 saturated carbocycles. The molecular weight excluding hydrogens is 440 g/mol. The van der Waals surface area contributed by atoms with Crippen molar-refractivity contribution in [3.05, 3.63) is 57.7 Å². The fourth-order valence-corrected chi connectivity index (χ4v) is 5.07. The van der Waals surface area contributed by atoms with Gasteiger partial charge < -0.3 is 10.1 Å². The number of fused-ring (bicyclic) bond motifs is 1. The summed E-state index contributed by atoms with van der Waals surface area (Å²) in [7, 11) is 0. The standard InChI is InChI=1S/C23H22N6O3S/c1-14-8-9-17-18(12-24)22(33-20(17)10-14)25-21(30)13-32-23(31)19(29-15(2)26-27-28-29)11-16-6-4-3-5-7-16/h3-7,11,14H,8-10,13H2,1-2H3,(H,25,30)/b19-11-. The Hall–Kier alpha value is -3.84. The van der Waals surface area contributed by atoms with Crippen LogP contribution in [0.15, 0.2) is 30.3 Å². The first-order valence-electron chi connectivity index (χ1n) is 10.5. The Morgan fingerprint density at radius 1 is 1.36 bits per heavy atom. The lowest BCUT2D eigenvalue weighted by Crippen LogP contribution is -2.23. The summed E-state index contributed by atoms with van der Waals surface area (Å²) < 4.78 is 6.53. The smallest absolute Gasteiger partial charge is 0.357 e. The number of carbonyl (C=O) groups is 2. The summed E-state index contributed by atoms with van der Waals surface area (Å²) in [4.78, 5) is 26.5. The van der Waals surface area contributed by atoms with Crippen LogP contribution < -0.4 is 5.32 Å². The van der Waals surface area contributed by atoms with Crippen molar-refractivity contribution in [3.8, 4) is 6.07 Å². The van der Waals surface area contributed by atoms with E-state index in [0.717, 1.165) is 35.3 Å². The third-order valence-electron chi connectivity index (χ3n) is 5.38. The van der Waals surface area contributed by atoms with E-state index in [-0.39, 0.29) is 5.70 Å². The minimum absolute atomic E-state index is 0.0785. The minimum Gasteiger partial charge on any atom is -0.451 e. The molecule has 0 saturated heterocycles. The number of hydrogen-bond acceptors (Lipinski definition) is 8. The second-order valence-corrected chi connectivity index (χ2v) is 8.98. The Balaban J connectivity index is 1.47. The number of rotatable bonds is 6. The summed E-state index contributed by atoms with van der Waals surface area (Å²) in [6.45, 7) is 3.33. The zero-order valence-corrected chi connectivity index (χ0v) is 19.1. The number of benzene rings is 1. The third kappa shape index (κ3) is 4.99. The molecule has 1 aromatic carbocycles. The van der Waals surface area contributed by atoms with Gasteiger partial charge in [-0.05, 0) is 59.7 Å². The predicted molar refractivity (Wildman–Crippen MR) is 123 cm³/mol. The molecule has 10 heteroatoms. The van der Waals surface area contributed by atoms with E-state index in [4.69, 9.17) is 4.74 Å². The average Bonchev–Trinajstić information content (AvgIpc) is 3.38. The van der Waals surface area contributed by atoms with Crippen molar-refractivity contribution in [2.24, 2.45) is 5.92 Å². The van der Waals surface area contributed by atoms with Gasteiger partial charge in [0.25, 0.3) is 5.91 Å². The molecule has 3 aromatic rings. The molecule has 1 unspecified atom stereocenters. The summed E-state index contributed by atoms with van der Waals surface area (Å²) >= 11 is 1.42. The fraction of sp³-hybridized carbons (Fsp3) is 0.304. The largest absolute Gasteiger partial charge is 0.451 e. The number of nitrogens with zero attached hydrogens (tertiary/aromatic N) is 5. The molecule has 0 aliphatic heterocycles. The van der Waals surface area contributed by atoms with Gasteiger partial charge in [0, 0.05) is 4.88 Å². The maximum atomic E-state index is 12.8. The topological polar surface area (TPSA) is 123 Å². The molecule has 0 bridgehead atoms. The van der Waals surface area contributed by atoms with Crippen molar-refractivity contribution in [3.63, 3.8) is 0 Å². The molecule has 2 aromatic heterocycles.